The topological polar surface area (TPSA) is 123 Å². The lowest BCUT2D eigenvalue weighted by molar-refractivity contribution is -0.124. The van der Waals surface area contributed by atoms with Gasteiger partial charge in [-0.15, -0.1) is 0 Å². The molecule has 170 valence electrons. The summed E-state index contributed by atoms with van der Waals surface area (Å²) in [6.07, 6.45) is 4.39. The van der Waals surface area contributed by atoms with Crippen LogP contribution in [0.1, 0.15) is 31.2 Å². The van der Waals surface area contributed by atoms with Crippen LogP contribution in [0.3, 0.4) is 0 Å². The number of aliphatic imine (C=N–C) groups is 1. The summed E-state index contributed by atoms with van der Waals surface area (Å²) in [5.74, 6) is 1.52. The summed E-state index contributed by atoms with van der Waals surface area (Å²) in [5, 5.41) is 5.66. The smallest absolute Gasteiger partial charge is 0.222 e. The van der Waals surface area contributed by atoms with Gasteiger partial charge in [-0.1, -0.05) is 0 Å². The van der Waals surface area contributed by atoms with E-state index < -0.39 is 0 Å². The summed E-state index contributed by atoms with van der Waals surface area (Å²) in [4.78, 5) is 26.7. The van der Waals surface area contributed by atoms with Gasteiger partial charge in [0.2, 0.25) is 5.91 Å². The van der Waals surface area contributed by atoms with Gasteiger partial charge in [0.25, 0.3) is 0 Å². The highest BCUT2D eigenvalue weighted by Crippen LogP contribution is 2.50. The maximum Gasteiger partial charge on any atom is 0.222 e. The molecule has 0 bridgehead atoms. The lowest BCUT2D eigenvalue weighted by Crippen LogP contribution is -2.27. The van der Waals surface area contributed by atoms with Gasteiger partial charge in [-0.2, -0.15) is 0 Å². The van der Waals surface area contributed by atoms with E-state index in [4.69, 9.17) is 11.5 Å². The molecule has 0 spiro atoms. The normalized spacial score (nSPS) is 25.6. The van der Waals surface area contributed by atoms with Gasteiger partial charge in [0, 0.05) is 38.4 Å². The maximum atomic E-state index is 12.6. The average Bonchev–Trinajstić information content (AvgIpc) is 3.35. The highest BCUT2D eigenvalue weighted by Gasteiger charge is 2.44. The number of amides is 1. The first kappa shape index (κ1) is 24.4. The number of carbonyl (C=O) groups is 2. The van der Waals surface area contributed by atoms with Crippen LogP contribution in [0.2, 0.25) is 0 Å². The van der Waals surface area contributed by atoms with Gasteiger partial charge in [0.05, 0.1) is 5.57 Å². The Bertz CT molecular complexity index is 854. The van der Waals surface area contributed by atoms with E-state index in [0.29, 0.717) is 35.0 Å². The van der Waals surface area contributed by atoms with Gasteiger partial charge in [0.1, 0.15) is 11.7 Å². The van der Waals surface area contributed by atoms with Crippen LogP contribution in [-0.4, -0.2) is 39.2 Å². The molecule has 31 heavy (non-hydrogen) atoms. The van der Waals surface area contributed by atoms with Crippen LogP contribution in [-0.2, 0) is 9.59 Å². The van der Waals surface area contributed by atoms with Crippen LogP contribution >= 0.6 is 0 Å². The zero-order valence-electron chi connectivity index (χ0n) is 18.7. The number of aldehydes is 1. The number of rotatable bonds is 5. The number of nitrogens with two attached hydrogens (primary N) is 2. The predicted octanol–water partition coefficient (Wildman–Crippen LogP) is 2.36. The Morgan fingerprint density at radius 2 is 1.71 bits per heavy atom. The number of nitrogens with zero attached hydrogens (tertiary/aromatic N) is 1. The minimum Gasteiger partial charge on any atom is -0.401 e. The third-order valence-corrected chi connectivity index (χ3v) is 6.47. The Balaban J connectivity index is 0.000000285. The minimum absolute atomic E-state index is 0.129. The number of hydrogen-bond donors (Lipinski definition) is 4. The molecule has 2 unspecified atom stereocenters. The molecular weight excluding hydrogens is 397 g/mol. The third kappa shape index (κ3) is 5.83. The van der Waals surface area contributed by atoms with E-state index in [2.05, 4.69) is 15.6 Å². The molecule has 2 saturated carbocycles. The molecule has 0 radical (unpaired) electrons. The Labute approximate surface area is 183 Å². The van der Waals surface area contributed by atoms with Crippen LogP contribution in [0, 0.1) is 36.4 Å². The zero-order valence-corrected chi connectivity index (χ0v) is 18.7. The van der Waals surface area contributed by atoms with Gasteiger partial charge in [0.15, 0.2) is 6.29 Å². The van der Waals surface area contributed by atoms with Crippen molar-refractivity contribution in [3.8, 4) is 0 Å². The molecule has 1 amide bonds. The average molecular weight is 432 g/mol. The van der Waals surface area contributed by atoms with Crippen LogP contribution in [0.5, 0.6) is 0 Å². The molecule has 7 nitrogen and oxygen atoms in total. The third-order valence-electron chi connectivity index (χ3n) is 6.47. The van der Waals surface area contributed by atoms with Crippen molar-refractivity contribution in [1.29, 1.82) is 0 Å². The Kier molecular flexibility index (Phi) is 8.59. The van der Waals surface area contributed by atoms with Gasteiger partial charge in [-0.05, 0) is 74.1 Å². The monoisotopic (exact) mass is 431 g/mol. The second-order valence-corrected chi connectivity index (χ2v) is 8.28. The molecule has 2 fully saturated rings. The number of amidine groups is 1. The lowest BCUT2D eigenvalue weighted by Gasteiger charge is -2.16. The molecule has 2 aliphatic rings. The highest BCUT2D eigenvalue weighted by atomic mass is 19.1. The first-order chi connectivity index (χ1) is 14.7. The van der Waals surface area contributed by atoms with E-state index in [-0.39, 0.29) is 29.4 Å². The van der Waals surface area contributed by atoms with Crippen molar-refractivity contribution in [2.45, 2.75) is 32.6 Å². The van der Waals surface area contributed by atoms with Gasteiger partial charge in [-0.25, -0.2) is 4.39 Å². The highest BCUT2D eigenvalue weighted by molar-refractivity contribution is 6.13. The Hall–Kier alpha value is -2.90. The van der Waals surface area contributed by atoms with E-state index in [1.165, 1.54) is 6.07 Å². The van der Waals surface area contributed by atoms with Crippen molar-refractivity contribution in [3.63, 3.8) is 0 Å². The summed E-state index contributed by atoms with van der Waals surface area (Å²) < 4.78 is 12.6. The zero-order chi connectivity index (χ0) is 23.1. The van der Waals surface area contributed by atoms with Crippen LogP contribution in [0.25, 0.3) is 0 Å². The number of halogens is 1. The van der Waals surface area contributed by atoms with Crippen molar-refractivity contribution >= 4 is 23.7 Å². The van der Waals surface area contributed by atoms with E-state index in [9.17, 15) is 14.0 Å². The summed E-state index contributed by atoms with van der Waals surface area (Å²) >= 11 is 0. The summed E-state index contributed by atoms with van der Waals surface area (Å²) in [7, 11) is 5.04. The summed E-state index contributed by atoms with van der Waals surface area (Å²) in [6, 6.07) is 4.94. The second-order valence-electron chi connectivity index (χ2n) is 8.28. The van der Waals surface area contributed by atoms with E-state index in [0.717, 1.165) is 31.4 Å². The van der Waals surface area contributed by atoms with Crippen LogP contribution in [0.4, 0.5) is 10.1 Å². The van der Waals surface area contributed by atoms with Crippen LogP contribution < -0.4 is 22.1 Å². The second kappa shape index (κ2) is 10.9. The largest absolute Gasteiger partial charge is 0.401 e. The number of anilines is 1. The summed E-state index contributed by atoms with van der Waals surface area (Å²) in [6.45, 7) is 1.75. The molecule has 0 aliphatic heterocycles. The van der Waals surface area contributed by atoms with Crippen molar-refractivity contribution in [1.82, 2.24) is 5.32 Å². The molecule has 2 aliphatic carbocycles. The fourth-order valence-corrected chi connectivity index (χ4v) is 4.71. The molecule has 2 atom stereocenters. The van der Waals surface area contributed by atoms with Crippen molar-refractivity contribution in [3.05, 3.63) is 40.8 Å². The van der Waals surface area contributed by atoms with Gasteiger partial charge in [-0.3, -0.25) is 14.6 Å². The molecule has 1 aromatic rings. The predicted molar refractivity (Wildman–Crippen MR) is 122 cm³/mol. The van der Waals surface area contributed by atoms with E-state index in [1.54, 1.807) is 33.2 Å². The molecule has 6 N–H and O–H groups in total. The first-order valence-electron chi connectivity index (χ1n) is 10.6. The quantitative estimate of drug-likeness (QED) is 0.247. The first-order valence-corrected chi connectivity index (χ1v) is 10.6. The standard InChI is InChI=1S/C15H24N4O2.C8H10FN/c1-18-14(17)12(7-20)13(16)10-3-8-5-11(15(21)19-2)6-9(8)4-10;1-6-5-7(10-2)3-4-8(6)9/h7-11H,3-6,16H2,1-2H3,(H2,17,18)(H,19,21);3-5,10H,1-2H3/b13-12-;. The fraction of sp³-hybridized carbons (Fsp3) is 0.522. The van der Waals surface area contributed by atoms with E-state index in [1.807, 2.05) is 7.05 Å². The number of aryl methyl sites for hydroxylation is 1. The van der Waals surface area contributed by atoms with Gasteiger partial charge >= 0.3 is 0 Å². The van der Waals surface area contributed by atoms with Gasteiger partial charge < -0.3 is 22.1 Å². The SMILES string of the molecule is CN=C(N)/C(C=O)=C(\N)C1CC2CC(C(=O)NC)CC2C1.CNc1ccc(F)c(C)c1. The number of allylic oxidation sites excluding steroid dienone is 1. The van der Waals surface area contributed by atoms with E-state index >= 15 is 0 Å². The molecule has 3 rings (SSSR count). The molecule has 1 aromatic carbocycles. The number of benzene rings is 1. The maximum absolute atomic E-state index is 12.6. The Morgan fingerprint density at radius 1 is 1.13 bits per heavy atom. The molecule has 8 heteroatoms. The summed E-state index contributed by atoms with van der Waals surface area (Å²) in [5.41, 5.74) is 14.4. The fourth-order valence-electron chi connectivity index (χ4n) is 4.71. The molecule has 0 aromatic heterocycles. The van der Waals surface area contributed by atoms with Crippen molar-refractivity contribution in [2.24, 2.45) is 40.1 Å². The number of carbonyl (C=O) groups excluding carboxylic acids is 2. The number of fused-ring (bicyclic) bond motifs is 1. The minimum atomic E-state index is -0.154. The van der Waals surface area contributed by atoms with Crippen LogP contribution in [0.15, 0.2) is 34.5 Å². The number of nitrogens with one attached hydrogen (secondary N) is 2. The van der Waals surface area contributed by atoms with Crippen molar-refractivity contribution in [2.75, 3.05) is 26.5 Å². The lowest BCUT2D eigenvalue weighted by atomic mass is 9.93. The number of hydrogen-bond acceptors (Lipinski definition) is 5. The molecular formula is C23H34FN5O2. The molecule has 0 heterocycles. The molecule has 0 saturated heterocycles. The Morgan fingerprint density at radius 3 is 2.16 bits per heavy atom. The van der Waals surface area contributed by atoms with Crippen molar-refractivity contribution < 1.29 is 14.0 Å².